The van der Waals surface area contributed by atoms with Crippen LogP contribution in [0.1, 0.15) is 36.1 Å². The highest BCUT2D eigenvalue weighted by molar-refractivity contribution is 5.91. The van der Waals surface area contributed by atoms with Crippen molar-refractivity contribution in [1.29, 1.82) is 0 Å². The smallest absolute Gasteiger partial charge is 0.309 e. The van der Waals surface area contributed by atoms with E-state index in [2.05, 4.69) is 41.6 Å². The van der Waals surface area contributed by atoms with Crippen molar-refractivity contribution in [3.63, 3.8) is 0 Å². The van der Waals surface area contributed by atoms with Crippen LogP contribution in [0.25, 0.3) is 17.0 Å². The Kier molecular flexibility index (Phi) is 3.72. The number of carbonyl (C=O) groups is 1. The molecule has 4 rings (SSSR count). The van der Waals surface area contributed by atoms with Crippen LogP contribution >= 0.6 is 0 Å². The average molecular weight is 324 g/mol. The van der Waals surface area contributed by atoms with Crippen LogP contribution in [0.2, 0.25) is 0 Å². The van der Waals surface area contributed by atoms with Gasteiger partial charge in [-0.15, -0.1) is 0 Å². The fourth-order valence-electron chi connectivity index (χ4n) is 4.79. The molecule has 0 unspecified atom stereocenters. The second kappa shape index (κ2) is 5.78. The molecule has 1 fully saturated rings. The van der Waals surface area contributed by atoms with Gasteiger partial charge in [0.1, 0.15) is 0 Å². The lowest BCUT2D eigenvalue weighted by Gasteiger charge is -2.46. The van der Waals surface area contributed by atoms with E-state index in [0.717, 1.165) is 31.6 Å². The summed E-state index contributed by atoms with van der Waals surface area (Å²) in [5, 5.41) is 1.34. The molecule has 1 aliphatic carbocycles. The first-order chi connectivity index (χ1) is 11.7. The molecule has 1 aromatic carbocycles. The van der Waals surface area contributed by atoms with Crippen molar-refractivity contribution in [3.8, 4) is 0 Å². The first kappa shape index (κ1) is 15.5. The van der Waals surface area contributed by atoms with E-state index in [4.69, 9.17) is 4.74 Å². The van der Waals surface area contributed by atoms with E-state index < -0.39 is 0 Å². The topological polar surface area (TPSA) is 45.3 Å². The van der Waals surface area contributed by atoms with E-state index >= 15 is 0 Å². The van der Waals surface area contributed by atoms with Crippen molar-refractivity contribution < 1.29 is 9.53 Å². The van der Waals surface area contributed by atoms with Gasteiger partial charge in [-0.3, -0.25) is 9.69 Å². The molecule has 0 bridgehead atoms. The lowest BCUT2D eigenvalue weighted by Crippen LogP contribution is -2.51. The van der Waals surface area contributed by atoms with Gasteiger partial charge in [0.15, 0.2) is 0 Å². The summed E-state index contributed by atoms with van der Waals surface area (Å²) in [6, 6.07) is 6.93. The summed E-state index contributed by atoms with van der Waals surface area (Å²) in [7, 11) is 1.49. The Labute approximate surface area is 142 Å². The molecule has 0 amide bonds. The molecule has 1 N–H and O–H groups in total. The number of ether oxygens (including phenoxy) is 1. The Morgan fingerprint density at radius 3 is 3.04 bits per heavy atom. The molecule has 24 heavy (non-hydrogen) atoms. The highest BCUT2D eigenvalue weighted by Crippen LogP contribution is 2.45. The van der Waals surface area contributed by atoms with Gasteiger partial charge in [-0.25, -0.2) is 0 Å². The number of nitrogens with one attached hydrogen (secondary N) is 1. The van der Waals surface area contributed by atoms with Crippen molar-refractivity contribution in [1.82, 2.24) is 9.88 Å². The zero-order valence-corrected chi connectivity index (χ0v) is 14.3. The summed E-state index contributed by atoms with van der Waals surface area (Å²) in [6.45, 7) is 7.90. The van der Waals surface area contributed by atoms with Crippen molar-refractivity contribution >= 4 is 22.9 Å². The minimum atomic E-state index is -0.0780. The minimum absolute atomic E-state index is 0.0363. The predicted octanol–water partition coefficient (Wildman–Crippen LogP) is 3.33. The number of methoxy groups -OCH3 is 1. The van der Waals surface area contributed by atoms with Crippen LogP contribution in [0, 0.1) is 5.92 Å². The van der Waals surface area contributed by atoms with Crippen LogP contribution in [-0.4, -0.2) is 42.1 Å². The normalized spacial score (nSPS) is 26.2. The SMILES string of the molecule is C=Cc1[nH]c2cccc3c2c1C[C@@H]1[C@@H]3C[C@@H](C(=O)OC)CN1CC. The Morgan fingerprint density at radius 1 is 1.50 bits per heavy atom. The fraction of sp³-hybridized carbons (Fsp3) is 0.450. The molecule has 2 aliphatic rings. The number of nitrogens with zero attached hydrogens (tertiary/aromatic N) is 1. The second-order valence-electron chi connectivity index (χ2n) is 6.91. The van der Waals surface area contributed by atoms with E-state index in [0.29, 0.717) is 12.0 Å². The molecule has 0 saturated carbocycles. The lowest BCUT2D eigenvalue weighted by molar-refractivity contribution is -0.148. The van der Waals surface area contributed by atoms with E-state index in [1.54, 1.807) is 0 Å². The molecule has 2 heterocycles. The molecule has 1 aliphatic heterocycles. The fourth-order valence-corrected chi connectivity index (χ4v) is 4.79. The standard InChI is InChI=1S/C20H24N2O2/c1-4-16-15-10-18-14(13-7-6-8-17(21-16)19(13)15)9-12(20(23)24-3)11-22(18)5-2/h4,6-8,12,14,18,21H,1,5,9-11H2,2-3H3/t12-,14-,18-/m1/s1. The zero-order valence-electron chi connectivity index (χ0n) is 14.3. The summed E-state index contributed by atoms with van der Waals surface area (Å²) >= 11 is 0. The van der Waals surface area contributed by atoms with Crippen LogP contribution < -0.4 is 0 Å². The van der Waals surface area contributed by atoms with E-state index in [9.17, 15) is 4.79 Å². The summed E-state index contributed by atoms with van der Waals surface area (Å²) in [4.78, 5) is 18.1. The summed E-state index contributed by atoms with van der Waals surface area (Å²) in [5.41, 5.74) is 5.07. The molecule has 1 saturated heterocycles. The highest BCUT2D eigenvalue weighted by Gasteiger charge is 2.43. The number of carbonyl (C=O) groups excluding carboxylic acids is 1. The lowest BCUT2D eigenvalue weighted by atomic mass is 9.72. The first-order valence-electron chi connectivity index (χ1n) is 8.75. The number of likely N-dealkylation sites (N-methyl/N-ethyl adjacent to an activating group) is 1. The second-order valence-corrected chi connectivity index (χ2v) is 6.91. The quantitative estimate of drug-likeness (QED) is 0.881. The third kappa shape index (κ3) is 2.13. The monoisotopic (exact) mass is 324 g/mol. The van der Waals surface area contributed by atoms with Gasteiger partial charge in [-0.2, -0.15) is 0 Å². The number of fused-ring (bicyclic) bond motifs is 2. The number of aromatic nitrogens is 1. The molecule has 0 radical (unpaired) electrons. The van der Waals surface area contributed by atoms with Gasteiger partial charge in [-0.05, 0) is 42.7 Å². The molecular formula is C20H24N2O2. The number of hydrogen-bond acceptors (Lipinski definition) is 3. The van der Waals surface area contributed by atoms with Crippen molar-refractivity contribution in [2.75, 3.05) is 20.2 Å². The number of piperidine rings is 1. The van der Waals surface area contributed by atoms with Crippen molar-refractivity contribution in [2.45, 2.75) is 31.7 Å². The van der Waals surface area contributed by atoms with E-state index in [1.165, 1.54) is 29.1 Å². The maximum absolute atomic E-state index is 12.2. The van der Waals surface area contributed by atoms with E-state index in [1.807, 2.05) is 6.08 Å². The van der Waals surface area contributed by atoms with Gasteiger partial charge in [0, 0.05) is 35.1 Å². The molecule has 126 valence electrons. The Balaban J connectivity index is 1.84. The molecule has 2 aromatic rings. The summed E-state index contributed by atoms with van der Waals surface area (Å²) in [6.07, 6.45) is 3.82. The van der Waals surface area contributed by atoms with Gasteiger partial charge >= 0.3 is 5.97 Å². The molecule has 1 aromatic heterocycles. The number of H-pyrrole nitrogens is 1. The predicted molar refractivity (Wildman–Crippen MR) is 96.0 cm³/mol. The number of esters is 1. The average Bonchev–Trinajstić information content (AvgIpc) is 2.99. The Morgan fingerprint density at radius 2 is 2.33 bits per heavy atom. The summed E-state index contributed by atoms with van der Waals surface area (Å²) < 4.78 is 5.04. The first-order valence-corrected chi connectivity index (χ1v) is 8.75. The molecule has 0 spiro atoms. The van der Waals surface area contributed by atoms with Crippen LogP contribution in [0.15, 0.2) is 24.8 Å². The van der Waals surface area contributed by atoms with Crippen LogP contribution in [0.4, 0.5) is 0 Å². The van der Waals surface area contributed by atoms with Gasteiger partial charge in [0.25, 0.3) is 0 Å². The van der Waals surface area contributed by atoms with Crippen molar-refractivity contribution in [2.24, 2.45) is 5.92 Å². The minimum Gasteiger partial charge on any atom is -0.469 e. The number of rotatable bonds is 3. The van der Waals surface area contributed by atoms with Crippen LogP contribution in [0.5, 0.6) is 0 Å². The maximum atomic E-state index is 12.2. The molecular weight excluding hydrogens is 300 g/mol. The van der Waals surface area contributed by atoms with Crippen molar-refractivity contribution in [3.05, 3.63) is 41.6 Å². The van der Waals surface area contributed by atoms with Gasteiger partial charge in [-0.1, -0.05) is 25.6 Å². The van der Waals surface area contributed by atoms with Gasteiger partial charge in [0.2, 0.25) is 0 Å². The Hall–Kier alpha value is -2.07. The van der Waals surface area contributed by atoms with Crippen LogP contribution in [0.3, 0.4) is 0 Å². The number of aromatic amines is 1. The van der Waals surface area contributed by atoms with Gasteiger partial charge < -0.3 is 9.72 Å². The Bertz CT molecular complexity index is 807. The molecule has 3 atom stereocenters. The molecule has 4 heteroatoms. The number of benzene rings is 1. The largest absolute Gasteiger partial charge is 0.469 e. The third-order valence-corrected chi connectivity index (χ3v) is 5.88. The zero-order chi connectivity index (χ0) is 16.8. The van der Waals surface area contributed by atoms with Crippen LogP contribution in [-0.2, 0) is 16.0 Å². The van der Waals surface area contributed by atoms with Gasteiger partial charge in [0.05, 0.1) is 13.0 Å². The van der Waals surface area contributed by atoms with E-state index in [-0.39, 0.29) is 11.9 Å². The molecule has 4 nitrogen and oxygen atoms in total. The summed E-state index contributed by atoms with van der Waals surface area (Å²) in [5.74, 6) is 0.268. The number of likely N-dealkylation sites (tertiary alicyclic amines) is 1. The highest BCUT2D eigenvalue weighted by atomic mass is 16.5. The maximum Gasteiger partial charge on any atom is 0.309 e. The number of hydrogen-bond donors (Lipinski definition) is 1. The third-order valence-electron chi connectivity index (χ3n) is 5.88.